The van der Waals surface area contributed by atoms with Crippen molar-refractivity contribution in [1.82, 2.24) is 5.32 Å². The van der Waals surface area contributed by atoms with Crippen molar-refractivity contribution < 1.29 is 9.53 Å². The van der Waals surface area contributed by atoms with E-state index in [0.29, 0.717) is 38.0 Å². The number of carbonyl (C=O) groups is 1. The molecule has 1 atom stereocenters. The second kappa shape index (κ2) is 10.2. The van der Waals surface area contributed by atoms with Gasteiger partial charge in [-0.05, 0) is 36.6 Å². The zero-order valence-corrected chi connectivity index (χ0v) is 14.0. The Balaban J connectivity index is 3.80. The molecule has 4 nitrogen and oxygen atoms in total. The number of hydrogen-bond donors (Lipinski definition) is 2. The van der Waals surface area contributed by atoms with Crippen LogP contribution >= 0.6 is 0 Å². The van der Waals surface area contributed by atoms with Crippen molar-refractivity contribution in [2.24, 2.45) is 23.0 Å². The van der Waals surface area contributed by atoms with E-state index in [0.717, 1.165) is 19.4 Å². The first kappa shape index (κ1) is 19.4. The number of nitrogens with two attached hydrogens (primary N) is 1. The van der Waals surface area contributed by atoms with Gasteiger partial charge in [0.1, 0.15) is 0 Å². The van der Waals surface area contributed by atoms with Crippen molar-refractivity contribution in [2.75, 3.05) is 26.3 Å². The van der Waals surface area contributed by atoms with Gasteiger partial charge in [0.2, 0.25) is 5.91 Å². The summed E-state index contributed by atoms with van der Waals surface area (Å²) in [5.41, 5.74) is 5.86. The fraction of sp³-hybridized carbons (Fsp3) is 0.938. The molecule has 0 saturated heterocycles. The van der Waals surface area contributed by atoms with E-state index in [9.17, 15) is 4.79 Å². The molecule has 0 aliphatic heterocycles. The third kappa shape index (κ3) is 10.2. The average Bonchev–Trinajstić information content (AvgIpc) is 2.32. The highest BCUT2D eigenvalue weighted by atomic mass is 16.5. The molecule has 0 saturated carbocycles. The summed E-state index contributed by atoms with van der Waals surface area (Å²) in [6.45, 7) is 13.5. The molecular formula is C16H34N2O2. The lowest BCUT2D eigenvalue weighted by atomic mass is 9.76. The molecule has 0 heterocycles. The van der Waals surface area contributed by atoms with Gasteiger partial charge in [-0.1, -0.05) is 34.6 Å². The van der Waals surface area contributed by atoms with Gasteiger partial charge < -0.3 is 15.8 Å². The van der Waals surface area contributed by atoms with E-state index >= 15 is 0 Å². The molecule has 120 valence electrons. The van der Waals surface area contributed by atoms with Crippen LogP contribution in [0.15, 0.2) is 0 Å². The Morgan fingerprint density at radius 1 is 1.25 bits per heavy atom. The maximum Gasteiger partial charge on any atom is 0.220 e. The molecule has 0 spiro atoms. The van der Waals surface area contributed by atoms with Gasteiger partial charge in [-0.25, -0.2) is 0 Å². The maximum absolute atomic E-state index is 11.8. The monoisotopic (exact) mass is 286 g/mol. The lowest BCUT2D eigenvalue weighted by molar-refractivity contribution is -0.121. The second-order valence-corrected chi connectivity index (χ2v) is 7.00. The standard InChI is InChI=1S/C16H34N2O2/c1-13(2)12-20-11-10-18-15(19)7-6-14(8-9-17)16(3,4)5/h13-14H,6-12,17H2,1-5H3,(H,18,19). The summed E-state index contributed by atoms with van der Waals surface area (Å²) in [4.78, 5) is 11.8. The minimum absolute atomic E-state index is 0.115. The Labute approximate surface area is 124 Å². The van der Waals surface area contributed by atoms with Crippen LogP contribution in [0.2, 0.25) is 0 Å². The van der Waals surface area contributed by atoms with Gasteiger partial charge >= 0.3 is 0 Å². The van der Waals surface area contributed by atoms with Crippen molar-refractivity contribution in [3.63, 3.8) is 0 Å². The summed E-state index contributed by atoms with van der Waals surface area (Å²) in [7, 11) is 0. The van der Waals surface area contributed by atoms with Crippen LogP contribution in [0, 0.1) is 17.3 Å². The van der Waals surface area contributed by atoms with Gasteiger partial charge in [-0.2, -0.15) is 0 Å². The lowest BCUT2D eigenvalue weighted by Gasteiger charge is -2.30. The van der Waals surface area contributed by atoms with E-state index in [1.165, 1.54) is 0 Å². The number of amides is 1. The normalized spacial score (nSPS) is 13.6. The van der Waals surface area contributed by atoms with E-state index in [1.54, 1.807) is 0 Å². The Hall–Kier alpha value is -0.610. The Morgan fingerprint density at radius 3 is 2.40 bits per heavy atom. The summed E-state index contributed by atoms with van der Waals surface area (Å²) in [6, 6.07) is 0. The zero-order chi connectivity index (χ0) is 15.6. The van der Waals surface area contributed by atoms with Crippen molar-refractivity contribution in [2.45, 2.75) is 53.9 Å². The molecule has 0 aliphatic rings. The fourth-order valence-electron chi connectivity index (χ4n) is 2.19. The minimum atomic E-state index is 0.115. The molecule has 20 heavy (non-hydrogen) atoms. The van der Waals surface area contributed by atoms with Gasteiger partial charge in [-0.15, -0.1) is 0 Å². The third-order valence-corrected chi connectivity index (χ3v) is 3.48. The lowest BCUT2D eigenvalue weighted by Crippen LogP contribution is -2.30. The predicted molar refractivity (Wildman–Crippen MR) is 84.5 cm³/mol. The molecule has 1 amide bonds. The third-order valence-electron chi connectivity index (χ3n) is 3.48. The van der Waals surface area contributed by atoms with Crippen LogP contribution < -0.4 is 11.1 Å². The smallest absolute Gasteiger partial charge is 0.220 e. The predicted octanol–water partition coefficient (Wildman–Crippen LogP) is 2.57. The van der Waals surface area contributed by atoms with E-state index in [4.69, 9.17) is 10.5 Å². The summed E-state index contributed by atoms with van der Waals surface area (Å²) in [5.74, 6) is 1.15. The Morgan fingerprint density at radius 2 is 1.90 bits per heavy atom. The molecule has 0 aromatic heterocycles. The number of ether oxygens (including phenoxy) is 1. The second-order valence-electron chi connectivity index (χ2n) is 7.00. The van der Waals surface area contributed by atoms with Crippen LogP contribution in [0.3, 0.4) is 0 Å². The molecule has 0 radical (unpaired) electrons. The van der Waals surface area contributed by atoms with Crippen LogP contribution in [0.25, 0.3) is 0 Å². The highest BCUT2D eigenvalue weighted by Crippen LogP contribution is 2.31. The summed E-state index contributed by atoms with van der Waals surface area (Å²) < 4.78 is 5.43. The van der Waals surface area contributed by atoms with Gasteiger partial charge in [-0.3, -0.25) is 4.79 Å². The molecular weight excluding hydrogens is 252 g/mol. The molecule has 3 N–H and O–H groups in total. The summed E-state index contributed by atoms with van der Waals surface area (Å²) >= 11 is 0. The topological polar surface area (TPSA) is 64.3 Å². The van der Waals surface area contributed by atoms with Crippen LogP contribution in [0.5, 0.6) is 0 Å². The Bertz CT molecular complexity index is 260. The van der Waals surface area contributed by atoms with Crippen LogP contribution in [0.1, 0.15) is 53.9 Å². The molecule has 1 unspecified atom stereocenters. The highest BCUT2D eigenvalue weighted by molar-refractivity contribution is 5.75. The van der Waals surface area contributed by atoms with Gasteiger partial charge in [0.15, 0.2) is 0 Å². The molecule has 0 bridgehead atoms. The summed E-state index contributed by atoms with van der Waals surface area (Å²) in [6.07, 6.45) is 2.46. The maximum atomic E-state index is 11.8. The van der Waals surface area contributed by atoms with Crippen LogP contribution in [-0.2, 0) is 9.53 Å². The van der Waals surface area contributed by atoms with Crippen molar-refractivity contribution in [3.05, 3.63) is 0 Å². The molecule has 0 aromatic carbocycles. The number of rotatable bonds is 10. The zero-order valence-electron chi connectivity index (χ0n) is 14.0. The first-order valence-corrected chi connectivity index (χ1v) is 7.81. The fourth-order valence-corrected chi connectivity index (χ4v) is 2.19. The molecule has 0 aromatic rings. The quantitative estimate of drug-likeness (QED) is 0.607. The number of hydrogen-bond acceptors (Lipinski definition) is 3. The van der Waals surface area contributed by atoms with Crippen molar-refractivity contribution in [1.29, 1.82) is 0 Å². The molecule has 0 fully saturated rings. The molecule has 0 aliphatic carbocycles. The van der Waals surface area contributed by atoms with Crippen LogP contribution in [-0.4, -0.2) is 32.2 Å². The first-order valence-electron chi connectivity index (χ1n) is 7.81. The number of nitrogens with one attached hydrogen (secondary N) is 1. The first-order chi connectivity index (χ1) is 9.27. The van der Waals surface area contributed by atoms with Crippen LogP contribution in [0.4, 0.5) is 0 Å². The average molecular weight is 286 g/mol. The SMILES string of the molecule is CC(C)COCCNC(=O)CCC(CCN)C(C)(C)C. The Kier molecular flexibility index (Phi) is 9.86. The molecule has 4 heteroatoms. The minimum Gasteiger partial charge on any atom is -0.379 e. The van der Waals surface area contributed by atoms with E-state index < -0.39 is 0 Å². The van der Waals surface area contributed by atoms with E-state index in [-0.39, 0.29) is 11.3 Å². The highest BCUT2D eigenvalue weighted by Gasteiger charge is 2.24. The largest absolute Gasteiger partial charge is 0.379 e. The van der Waals surface area contributed by atoms with Crippen molar-refractivity contribution >= 4 is 5.91 Å². The van der Waals surface area contributed by atoms with Gasteiger partial charge in [0.25, 0.3) is 0 Å². The van der Waals surface area contributed by atoms with Gasteiger partial charge in [0.05, 0.1) is 6.61 Å². The van der Waals surface area contributed by atoms with E-state index in [2.05, 4.69) is 39.9 Å². The van der Waals surface area contributed by atoms with Gasteiger partial charge in [0, 0.05) is 19.6 Å². The summed E-state index contributed by atoms with van der Waals surface area (Å²) in [5, 5.41) is 2.91. The number of carbonyl (C=O) groups excluding carboxylic acids is 1. The van der Waals surface area contributed by atoms with Crippen molar-refractivity contribution in [3.8, 4) is 0 Å². The van der Waals surface area contributed by atoms with E-state index in [1.807, 2.05) is 0 Å². The molecule has 0 rings (SSSR count).